The summed E-state index contributed by atoms with van der Waals surface area (Å²) in [6.07, 6.45) is -3.83. The van der Waals surface area contributed by atoms with E-state index < -0.39 is 11.7 Å². The summed E-state index contributed by atoms with van der Waals surface area (Å²) >= 11 is 2.79. The van der Waals surface area contributed by atoms with Gasteiger partial charge in [0.1, 0.15) is 0 Å². The second-order valence-corrected chi connectivity index (χ2v) is 8.03. The van der Waals surface area contributed by atoms with Crippen molar-refractivity contribution >= 4 is 34.4 Å². The minimum Gasteiger partial charge on any atom is -0.351 e. The highest BCUT2D eigenvalue weighted by Gasteiger charge is 2.29. The van der Waals surface area contributed by atoms with Crippen LogP contribution in [0.4, 0.5) is 13.2 Å². The van der Waals surface area contributed by atoms with Crippen LogP contribution in [0.3, 0.4) is 0 Å². The van der Waals surface area contributed by atoms with Gasteiger partial charge in [-0.3, -0.25) is 9.59 Å². The Balaban J connectivity index is 1.46. The van der Waals surface area contributed by atoms with Crippen molar-refractivity contribution in [3.63, 3.8) is 0 Å². The number of nitrogens with one attached hydrogen (secondary N) is 1. The summed E-state index contributed by atoms with van der Waals surface area (Å²) in [7, 11) is 0. The molecule has 0 aliphatic carbocycles. The van der Waals surface area contributed by atoms with Crippen molar-refractivity contribution in [3.05, 3.63) is 79.7 Å². The molecule has 0 fully saturated rings. The van der Waals surface area contributed by atoms with Crippen LogP contribution in [0.2, 0.25) is 0 Å². The van der Waals surface area contributed by atoms with Crippen molar-refractivity contribution < 1.29 is 22.8 Å². The molecule has 1 aromatic carbocycles. The summed E-state index contributed by atoms with van der Waals surface area (Å²) in [5, 5.41) is 6.42. The quantitative estimate of drug-likeness (QED) is 0.524. The number of halogens is 3. The second-order valence-electron chi connectivity index (χ2n) is 6.08. The first-order valence-electron chi connectivity index (χ1n) is 8.41. The number of amides is 1. The molecule has 0 bridgehead atoms. The molecule has 0 spiro atoms. The fraction of sp³-hybridized carbons (Fsp3) is 0.200. The van der Waals surface area contributed by atoms with E-state index in [0.29, 0.717) is 29.0 Å². The summed E-state index contributed by atoms with van der Waals surface area (Å²) in [6.45, 7) is 0.313. The van der Waals surface area contributed by atoms with E-state index in [0.717, 1.165) is 17.0 Å². The maximum absolute atomic E-state index is 12.5. The van der Waals surface area contributed by atoms with Crippen molar-refractivity contribution in [3.8, 4) is 0 Å². The number of carbonyl (C=O) groups is 2. The topological polar surface area (TPSA) is 46.2 Å². The van der Waals surface area contributed by atoms with Crippen LogP contribution in [-0.4, -0.2) is 11.7 Å². The first kappa shape index (κ1) is 20.3. The molecular weight excluding hydrogens is 407 g/mol. The number of rotatable bonds is 7. The number of aryl methyl sites for hydroxylation is 1. The first-order chi connectivity index (χ1) is 13.3. The zero-order chi connectivity index (χ0) is 20.1. The number of benzene rings is 1. The molecule has 146 valence electrons. The van der Waals surface area contributed by atoms with Crippen molar-refractivity contribution in [1.82, 2.24) is 5.32 Å². The number of thiophene rings is 2. The standard InChI is InChI=1S/C20H16F3NO2S2/c21-20(22,23)15-4-1-13(2-5-15)3-8-18(25)24-11-16-6-7-17(28-16)19(26)14-9-10-27-12-14/h1-2,4-7,9-10,12H,3,8,11H2,(H,24,25). The van der Waals surface area contributed by atoms with Crippen LogP contribution in [-0.2, 0) is 23.9 Å². The normalized spacial score (nSPS) is 11.4. The minimum absolute atomic E-state index is 0.0360. The molecule has 2 aromatic heterocycles. The Morgan fingerprint density at radius 2 is 1.75 bits per heavy atom. The number of hydrogen-bond acceptors (Lipinski definition) is 4. The molecular formula is C20H16F3NO2S2. The van der Waals surface area contributed by atoms with Crippen molar-refractivity contribution in [2.45, 2.75) is 25.6 Å². The maximum atomic E-state index is 12.5. The van der Waals surface area contributed by atoms with Crippen LogP contribution < -0.4 is 5.32 Å². The van der Waals surface area contributed by atoms with E-state index in [1.807, 2.05) is 5.38 Å². The Morgan fingerprint density at radius 3 is 2.39 bits per heavy atom. The average molecular weight is 423 g/mol. The van der Waals surface area contributed by atoms with Gasteiger partial charge >= 0.3 is 6.18 Å². The Bertz CT molecular complexity index is 945. The van der Waals surface area contributed by atoms with Gasteiger partial charge in [0.2, 0.25) is 11.7 Å². The fourth-order valence-corrected chi connectivity index (χ4v) is 4.07. The van der Waals surface area contributed by atoms with Gasteiger partial charge in [0.25, 0.3) is 0 Å². The average Bonchev–Trinajstić information content (AvgIpc) is 3.35. The van der Waals surface area contributed by atoms with Crippen LogP contribution >= 0.6 is 22.7 Å². The van der Waals surface area contributed by atoms with Crippen LogP contribution in [0.5, 0.6) is 0 Å². The lowest BCUT2D eigenvalue weighted by atomic mass is 10.1. The molecule has 0 radical (unpaired) electrons. The van der Waals surface area contributed by atoms with E-state index >= 15 is 0 Å². The van der Waals surface area contributed by atoms with Crippen LogP contribution in [0, 0.1) is 0 Å². The van der Waals surface area contributed by atoms with E-state index in [1.165, 1.54) is 34.8 Å². The van der Waals surface area contributed by atoms with Crippen LogP contribution in [0.15, 0.2) is 53.2 Å². The molecule has 1 N–H and O–H groups in total. The predicted octanol–water partition coefficient (Wildman–Crippen LogP) is 5.31. The van der Waals surface area contributed by atoms with E-state index in [1.54, 1.807) is 23.6 Å². The van der Waals surface area contributed by atoms with Gasteiger partial charge in [-0.2, -0.15) is 24.5 Å². The molecule has 0 saturated carbocycles. The van der Waals surface area contributed by atoms with E-state index in [4.69, 9.17) is 0 Å². The molecule has 3 rings (SSSR count). The molecule has 0 atom stereocenters. The maximum Gasteiger partial charge on any atom is 0.416 e. The lowest BCUT2D eigenvalue weighted by Crippen LogP contribution is -2.22. The number of carbonyl (C=O) groups excluding carboxylic acids is 2. The summed E-state index contributed by atoms with van der Waals surface area (Å²) in [4.78, 5) is 25.7. The van der Waals surface area contributed by atoms with Gasteiger partial charge in [0.05, 0.1) is 17.0 Å². The third-order valence-electron chi connectivity index (χ3n) is 4.05. The van der Waals surface area contributed by atoms with E-state index in [-0.39, 0.29) is 18.1 Å². The second kappa shape index (κ2) is 8.70. The smallest absolute Gasteiger partial charge is 0.351 e. The molecule has 0 aliphatic rings. The van der Waals surface area contributed by atoms with Gasteiger partial charge in [-0.1, -0.05) is 12.1 Å². The minimum atomic E-state index is -4.36. The highest BCUT2D eigenvalue weighted by atomic mass is 32.1. The lowest BCUT2D eigenvalue weighted by molar-refractivity contribution is -0.137. The lowest BCUT2D eigenvalue weighted by Gasteiger charge is -2.08. The Morgan fingerprint density at radius 1 is 1.00 bits per heavy atom. The molecule has 3 nitrogen and oxygen atoms in total. The third kappa shape index (κ3) is 5.30. The summed E-state index contributed by atoms with van der Waals surface area (Å²) in [5.74, 6) is -0.231. The SMILES string of the molecule is O=C(CCc1ccc(C(F)(F)F)cc1)NCc1ccc(C(=O)c2ccsc2)s1. The molecule has 28 heavy (non-hydrogen) atoms. The summed E-state index contributed by atoms with van der Waals surface area (Å²) < 4.78 is 37.6. The number of hydrogen-bond donors (Lipinski definition) is 1. The molecule has 1 amide bonds. The molecule has 2 heterocycles. The Kier molecular flexibility index (Phi) is 6.31. The summed E-state index contributed by atoms with van der Waals surface area (Å²) in [6, 6.07) is 10.1. The van der Waals surface area contributed by atoms with Gasteiger partial charge in [-0.15, -0.1) is 11.3 Å². The van der Waals surface area contributed by atoms with Crippen LogP contribution in [0.25, 0.3) is 0 Å². The highest BCUT2D eigenvalue weighted by molar-refractivity contribution is 7.14. The highest BCUT2D eigenvalue weighted by Crippen LogP contribution is 2.29. The predicted molar refractivity (Wildman–Crippen MR) is 104 cm³/mol. The monoisotopic (exact) mass is 423 g/mol. The Hall–Kier alpha value is -2.45. The number of ketones is 1. The van der Waals surface area contributed by atoms with E-state index in [2.05, 4.69) is 5.32 Å². The van der Waals surface area contributed by atoms with Gasteiger partial charge in [-0.25, -0.2) is 0 Å². The first-order valence-corrected chi connectivity index (χ1v) is 10.2. The number of alkyl halides is 3. The molecule has 0 aliphatic heterocycles. The van der Waals surface area contributed by atoms with Gasteiger partial charge in [-0.05, 0) is 47.7 Å². The van der Waals surface area contributed by atoms with Crippen LogP contribution in [0.1, 0.15) is 37.7 Å². The Labute approximate surface area is 167 Å². The van der Waals surface area contributed by atoms with Gasteiger partial charge < -0.3 is 5.32 Å². The molecule has 0 saturated heterocycles. The molecule has 0 unspecified atom stereocenters. The van der Waals surface area contributed by atoms with Crippen molar-refractivity contribution in [2.75, 3.05) is 0 Å². The van der Waals surface area contributed by atoms with Crippen molar-refractivity contribution in [1.29, 1.82) is 0 Å². The largest absolute Gasteiger partial charge is 0.416 e. The van der Waals surface area contributed by atoms with Gasteiger partial charge in [0, 0.05) is 22.2 Å². The zero-order valence-corrected chi connectivity index (χ0v) is 16.2. The molecule has 8 heteroatoms. The third-order valence-corrected chi connectivity index (χ3v) is 5.82. The van der Waals surface area contributed by atoms with Crippen molar-refractivity contribution in [2.24, 2.45) is 0 Å². The zero-order valence-electron chi connectivity index (χ0n) is 14.6. The molecule has 3 aromatic rings. The van der Waals surface area contributed by atoms with E-state index in [9.17, 15) is 22.8 Å². The fourth-order valence-electron chi connectivity index (χ4n) is 2.52. The van der Waals surface area contributed by atoms with Gasteiger partial charge in [0.15, 0.2) is 0 Å². The summed E-state index contributed by atoms with van der Waals surface area (Å²) in [5.41, 5.74) is 0.619.